The largest absolute Gasteiger partial charge is 0.496 e. The lowest BCUT2D eigenvalue weighted by atomic mass is 10.0. The van der Waals surface area contributed by atoms with E-state index in [0.717, 1.165) is 79.8 Å². The molecule has 0 spiro atoms. The van der Waals surface area contributed by atoms with E-state index in [1.165, 1.54) is 0 Å². The minimum atomic E-state index is 0.699. The number of rotatable bonds is 7. The van der Waals surface area contributed by atoms with E-state index in [4.69, 9.17) is 18.9 Å². The molecule has 0 unspecified atom stereocenters. The lowest BCUT2D eigenvalue weighted by Crippen LogP contribution is -2.46. The van der Waals surface area contributed by atoms with E-state index in [1.807, 2.05) is 19.9 Å². The van der Waals surface area contributed by atoms with Crippen LogP contribution in [0.5, 0.6) is 5.75 Å². The maximum Gasteiger partial charge on any atom is 0.226 e. The molecule has 0 amide bonds. The molecular weight excluding hydrogens is 342 g/mol. The zero-order chi connectivity index (χ0) is 19.4. The zero-order valence-corrected chi connectivity index (χ0v) is 17.2. The Morgan fingerprint density at radius 3 is 2.37 bits per heavy atom. The molecule has 0 bridgehead atoms. The third kappa shape index (κ3) is 4.69. The van der Waals surface area contributed by atoms with Gasteiger partial charge in [-0.25, -0.2) is 4.98 Å². The summed E-state index contributed by atoms with van der Waals surface area (Å²) in [6.45, 7) is 13.0. The summed E-state index contributed by atoms with van der Waals surface area (Å²) in [5, 5.41) is 0. The SMILES string of the molecule is COCCN1CCN(Cc2nc(-c3cc(C)c(OC)cc3C)oc2C)CC1. The van der Waals surface area contributed by atoms with Gasteiger partial charge >= 0.3 is 0 Å². The van der Waals surface area contributed by atoms with Crippen LogP contribution in [0, 0.1) is 20.8 Å². The van der Waals surface area contributed by atoms with Crippen LogP contribution in [0.25, 0.3) is 11.5 Å². The predicted molar refractivity (Wildman–Crippen MR) is 106 cm³/mol. The fourth-order valence-corrected chi connectivity index (χ4v) is 3.53. The summed E-state index contributed by atoms with van der Waals surface area (Å²) in [6, 6.07) is 4.14. The molecule has 6 heteroatoms. The van der Waals surface area contributed by atoms with Crippen LogP contribution in [0.15, 0.2) is 16.5 Å². The molecule has 27 heavy (non-hydrogen) atoms. The van der Waals surface area contributed by atoms with E-state index in [-0.39, 0.29) is 0 Å². The van der Waals surface area contributed by atoms with Gasteiger partial charge < -0.3 is 13.9 Å². The smallest absolute Gasteiger partial charge is 0.226 e. The predicted octanol–water partition coefficient (Wildman–Crippen LogP) is 3.04. The van der Waals surface area contributed by atoms with Gasteiger partial charge in [-0.3, -0.25) is 9.80 Å². The first kappa shape index (κ1) is 19.9. The van der Waals surface area contributed by atoms with Crippen molar-refractivity contribution in [3.63, 3.8) is 0 Å². The topological polar surface area (TPSA) is 51.0 Å². The van der Waals surface area contributed by atoms with Crippen molar-refractivity contribution in [3.8, 4) is 17.2 Å². The minimum Gasteiger partial charge on any atom is -0.496 e. The Hall–Kier alpha value is -1.89. The van der Waals surface area contributed by atoms with E-state index < -0.39 is 0 Å². The van der Waals surface area contributed by atoms with E-state index in [0.29, 0.717) is 5.89 Å². The first-order valence-corrected chi connectivity index (χ1v) is 9.57. The highest BCUT2D eigenvalue weighted by Crippen LogP contribution is 2.31. The number of ether oxygens (including phenoxy) is 2. The average molecular weight is 373 g/mol. The van der Waals surface area contributed by atoms with Gasteiger partial charge in [0.05, 0.1) is 19.4 Å². The number of aromatic nitrogens is 1. The third-order valence-electron chi connectivity index (χ3n) is 5.31. The standard InChI is InChI=1S/C21H31N3O3/c1-15-13-20(26-5)16(2)12-18(15)21-22-19(17(3)27-21)14-24-8-6-23(7-9-24)10-11-25-4/h12-13H,6-11,14H2,1-5H3. The van der Waals surface area contributed by atoms with Crippen LogP contribution in [0.2, 0.25) is 0 Å². The van der Waals surface area contributed by atoms with Gasteiger partial charge in [0.15, 0.2) is 0 Å². The van der Waals surface area contributed by atoms with Crippen molar-refractivity contribution in [2.75, 3.05) is 53.6 Å². The van der Waals surface area contributed by atoms with Crippen molar-refractivity contribution < 1.29 is 13.9 Å². The van der Waals surface area contributed by atoms with E-state index in [1.54, 1.807) is 14.2 Å². The lowest BCUT2D eigenvalue weighted by Gasteiger charge is -2.34. The van der Waals surface area contributed by atoms with Crippen molar-refractivity contribution in [3.05, 3.63) is 34.7 Å². The fraction of sp³-hybridized carbons (Fsp3) is 0.571. The molecule has 1 fully saturated rings. The van der Waals surface area contributed by atoms with Crippen molar-refractivity contribution >= 4 is 0 Å². The van der Waals surface area contributed by atoms with E-state index >= 15 is 0 Å². The molecule has 1 aromatic heterocycles. The van der Waals surface area contributed by atoms with Crippen molar-refractivity contribution in [1.29, 1.82) is 0 Å². The molecule has 0 N–H and O–H groups in total. The molecule has 1 saturated heterocycles. The summed E-state index contributed by atoms with van der Waals surface area (Å²) < 4.78 is 16.6. The normalized spacial score (nSPS) is 16.0. The van der Waals surface area contributed by atoms with Gasteiger partial charge in [0.2, 0.25) is 5.89 Å². The zero-order valence-electron chi connectivity index (χ0n) is 17.2. The molecule has 0 aliphatic carbocycles. The number of piperazine rings is 1. The molecule has 0 saturated carbocycles. The monoisotopic (exact) mass is 373 g/mol. The van der Waals surface area contributed by atoms with E-state index in [2.05, 4.69) is 22.8 Å². The number of benzene rings is 1. The molecule has 2 aromatic rings. The van der Waals surface area contributed by atoms with Crippen molar-refractivity contribution in [1.82, 2.24) is 14.8 Å². The van der Waals surface area contributed by atoms with Crippen LogP contribution in [-0.4, -0.2) is 68.3 Å². The van der Waals surface area contributed by atoms with Crippen LogP contribution >= 0.6 is 0 Å². The summed E-state index contributed by atoms with van der Waals surface area (Å²) in [4.78, 5) is 9.71. The molecule has 1 aliphatic heterocycles. The Bertz CT molecular complexity index is 764. The molecular formula is C21H31N3O3. The van der Waals surface area contributed by atoms with Gasteiger partial charge in [-0.2, -0.15) is 0 Å². The Balaban J connectivity index is 1.68. The average Bonchev–Trinajstić information content (AvgIpc) is 3.03. The van der Waals surface area contributed by atoms with Crippen molar-refractivity contribution in [2.45, 2.75) is 27.3 Å². The first-order valence-electron chi connectivity index (χ1n) is 9.57. The quantitative estimate of drug-likeness (QED) is 0.744. The van der Waals surface area contributed by atoms with Crippen molar-refractivity contribution in [2.24, 2.45) is 0 Å². The maximum atomic E-state index is 6.02. The summed E-state index contributed by atoms with van der Waals surface area (Å²) in [5.41, 5.74) is 4.26. The van der Waals surface area contributed by atoms with Gasteiger partial charge in [0.25, 0.3) is 0 Å². The fourth-order valence-electron chi connectivity index (χ4n) is 3.53. The maximum absolute atomic E-state index is 6.02. The molecule has 2 heterocycles. The molecule has 6 nitrogen and oxygen atoms in total. The number of oxazole rings is 1. The van der Waals surface area contributed by atoms with Crippen LogP contribution in [0.1, 0.15) is 22.6 Å². The second-order valence-corrected chi connectivity index (χ2v) is 7.27. The Labute approximate surface area is 162 Å². The second-order valence-electron chi connectivity index (χ2n) is 7.27. The molecule has 0 atom stereocenters. The molecule has 1 aliphatic rings. The molecule has 1 aromatic carbocycles. The number of hydrogen-bond acceptors (Lipinski definition) is 6. The van der Waals surface area contributed by atoms with Gasteiger partial charge in [0, 0.05) is 51.9 Å². The van der Waals surface area contributed by atoms with E-state index in [9.17, 15) is 0 Å². The van der Waals surface area contributed by atoms with Crippen LogP contribution in [0.4, 0.5) is 0 Å². The molecule has 0 radical (unpaired) electrons. The van der Waals surface area contributed by atoms with Crippen LogP contribution in [0.3, 0.4) is 0 Å². The summed E-state index contributed by atoms with van der Waals surface area (Å²) in [5.74, 6) is 2.50. The highest BCUT2D eigenvalue weighted by molar-refractivity contribution is 5.62. The van der Waals surface area contributed by atoms with Crippen LogP contribution < -0.4 is 4.74 Å². The Kier molecular flexibility index (Phi) is 6.52. The van der Waals surface area contributed by atoms with Gasteiger partial charge in [0.1, 0.15) is 11.5 Å². The Morgan fingerprint density at radius 2 is 1.70 bits per heavy atom. The summed E-state index contributed by atoms with van der Waals surface area (Å²) in [7, 11) is 3.46. The number of methoxy groups -OCH3 is 2. The highest BCUT2D eigenvalue weighted by Gasteiger charge is 2.20. The number of nitrogens with zero attached hydrogens (tertiary/aromatic N) is 3. The second kappa shape index (κ2) is 8.87. The minimum absolute atomic E-state index is 0.699. The lowest BCUT2D eigenvalue weighted by molar-refractivity contribution is 0.0931. The Morgan fingerprint density at radius 1 is 1.00 bits per heavy atom. The first-order chi connectivity index (χ1) is 13.0. The summed E-state index contributed by atoms with van der Waals surface area (Å²) in [6.07, 6.45) is 0. The van der Waals surface area contributed by atoms with Gasteiger partial charge in [-0.15, -0.1) is 0 Å². The molecule has 148 valence electrons. The van der Waals surface area contributed by atoms with Gasteiger partial charge in [-0.1, -0.05) is 0 Å². The molecule has 3 rings (SSSR count). The summed E-state index contributed by atoms with van der Waals surface area (Å²) >= 11 is 0. The third-order valence-corrected chi connectivity index (χ3v) is 5.31. The highest BCUT2D eigenvalue weighted by atomic mass is 16.5. The van der Waals surface area contributed by atoms with Gasteiger partial charge in [-0.05, 0) is 44.0 Å². The van der Waals surface area contributed by atoms with Crippen LogP contribution in [-0.2, 0) is 11.3 Å². The number of hydrogen-bond donors (Lipinski definition) is 0. The number of aryl methyl sites for hydroxylation is 3.